The Morgan fingerprint density at radius 3 is 2.35 bits per heavy atom. The summed E-state index contributed by atoms with van der Waals surface area (Å²) in [7, 11) is 0. The molecule has 0 spiro atoms. The van der Waals surface area contributed by atoms with Gasteiger partial charge >= 0.3 is 0 Å². The lowest BCUT2D eigenvalue weighted by Crippen LogP contribution is -2.38. The summed E-state index contributed by atoms with van der Waals surface area (Å²) in [6.07, 6.45) is 2.26. The Morgan fingerprint density at radius 1 is 1.11 bits per heavy atom. The van der Waals surface area contributed by atoms with Crippen molar-refractivity contribution in [1.82, 2.24) is 10.3 Å². The number of amides is 2. The molecule has 37 heavy (non-hydrogen) atoms. The van der Waals surface area contributed by atoms with Crippen LogP contribution in [-0.4, -0.2) is 39.2 Å². The lowest BCUT2D eigenvalue weighted by Gasteiger charge is -2.26. The van der Waals surface area contributed by atoms with Gasteiger partial charge in [-0.15, -0.1) is 11.3 Å². The Labute approximate surface area is 216 Å². The van der Waals surface area contributed by atoms with E-state index in [9.17, 15) is 28.6 Å². The number of thiophene rings is 1. The molecule has 11 heteroatoms. The minimum atomic E-state index is -1.44. The number of aliphatic hydroxyl groups is 2. The number of hydrogen-bond acceptors (Lipinski definition) is 7. The topological polar surface area (TPSA) is 138 Å². The number of nitrogens with zero attached hydrogens (tertiary/aromatic N) is 1. The van der Waals surface area contributed by atoms with Crippen LogP contribution in [-0.2, 0) is 5.60 Å². The van der Waals surface area contributed by atoms with E-state index in [-0.39, 0.29) is 56.1 Å². The van der Waals surface area contributed by atoms with Crippen molar-refractivity contribution in [3.63, 3.8) is 0 Å². The van der Waals surface area contributed by atoms with E-state index in [0.29, 0.717) is 25.7 Å². The van der Waals surface area contributed by atoms with Crippen molar-refractivity contribution in [2.75, 3.05) is 5.32 Å². The molecule has 0 atom stereocenters. The van der Waals surface area contributed by atoms with Crippen molar-refractivity contribution in [2.45, 2.75) is 57.3 Å². The van der Waals surface area contributed by atoms with Crippen molar-refractivity contribution in [3.05, 3.63) is 64.9 Å². The van der Waals surface area contributed by atoms with E-state index in [1.165, 1.54) is 19.9 Å². The van der Waals surface area contributed by atoms with E-state index in [2.05, 4.69) is 15.6 Å². The van der Waals surface area contributed by atoms with Gasteiger partial charge in [-0.2, -0.15) is 0 Å². The van der Waals surface area contributed by atoms with Crippen LogP contribution in [0.25, 0.3) is 10.4 Å². The van der Waals surface area contributed by atoms with Gasteiger partial charge in [-0.05, 0) is 75.4 Å². The van der Waals surface area contributed by atoms with Crippen LogP contribution in [0.15, 0.2) is 36.4 Å². The number of pyridine rings is 1. The van der Waals surface area contributed by atoms with Crippen molar-refractivity contribution < 1.29 is 28.6 Å². The van der Waals surface area contributed by atoms with Crippen molar-refractivity contribution in [3.8, 4) is 10.4 Å². The van der Waals surface area contributed by atoms with Crippen molar-refractivity contribution in [2.24, 2.45) is 5.73 Å². The molecule has 1 saturated carbocycles. The SMILES string of the molecule is CC(C)(O)c1cc(F)c(-c2cc(C(N)=O)c(Nc3cccc(C(=O)N[C@H]4CC[C@H](O)CC4)n3)s2)c(F)c1. The first kappa shape index (κ1) is 26.6. The minimum Gasteiger partial charge on any atom is -0.393 e. The zero-order valence-electron chi connectivity index (χ0n) is 20.3. The summed E-state index contributed by atoms with van der Waals surface area (Å²) in [4.78, 5) is 29.2. The molecule has 0 unspecified atom stereocenters. The second-order valence-corrected chi connectivity index (χ2v) is 10.7. The molecule has 6 N–H and O–H groups in total. The number of aromatic nitrogens is 1. The first-order chi connectivity index (χ1) is 17.4. The number of primary amides is 1. The summed E-state index contributed by atoms with van der Waals surface area (Å²) < 4.78 is 29.8. The number of rotatable bonds is 7. The number of carbonyl (C=O) groups is 2. The molecule has 2 aromatic heterocycles. The van der Waals surface area contributed by atoms with E-state index < -0.39 is 23.1 Å². The summed E-state index contributed by atoms with van der Waals surface area (Å²) in [6.45, 7) is 2.83. The van der Waals surface area contributed by atoms with Crippen LogP contribution in [0.3, 0.4) is 0 Å². The molecule has 4 rings (SSSR count). The van der Waals surface area contributed by atoms with Gasteiger partial charge in [0, 0.05) is 10.9 Å². The van der Waals surface area contributed by atoms with Crippen LogP contribution >= 0.6 is 11.3 Å². The maximum absolute atomic E-state index is 14.9. The Balaban J connectivity index is 1.59. The zero-order valence-corrected chi connectivity index (χ0v) is 21.2. The average molecular weight is 531 g/mol. The predicted octanol–water partition coefficient (Wildman–Crippen LogP) is 4.19. The Morgan fingerprint density at radius 2 is 1.76 bits per heavy atom. The van der Waals surface area contributed by atoms with E-state index in [4.69, 9.17) is 5.73 Å². The number of nitrogens with two attached hydrogens (primary N) is 1. The third-order valence-corrected chi connectivity index (χ3v) is 7.32. The number of anilines is 2. The molecule has 1 fully saturated rings. The average Bonchev–Trinajstić information content (AvgIpc) is 3.23. The van der Waals surface area contributed by atoms with Crippen LogP contribution in [0.5, 0.6) is 0 Å². The summed E-state index contributed by atoms with van der Waals surface area (Å²) >= 11 is 0.902. The van der Waals surface area contributed by atoms with E-state index in [0.717, 1.165) is 23.5 Å². The fourth-order valence-electron chi connectivity index (χ4n) is 4.18. The highest BCUT2D eigenvalue weighted by Crippen LogP contribution is 2.40. The lowest BCUT2D eigenvalue weighted by atomic mass is 9.93. The summed E-state index contributed by atoms with van der Waals surface area (Å²) in [5.41, 5.74) is 3.94. The van der Waals surface area contributed by atoms with Gasteiger partial charge in [0.1, 0.15) is 28.1 Å². The maximum atomic E-state index is 14.9. The van der Waals surface area contributed by atoms with Gasteiger partial charge in [0.2, 0.25) is 0 Å². The summed E-state index contributed by atoms with van der Waals surface area (Å²) in [5.74, 6) is -2.74. The molecule has 2 amide bonds. The molecular weight excluding hydrogens is 502 g/mol. The highest BCUT2D eigenvalue weighted by atomic mass is 32.1. The van der Waals surface area contributed by atoms with Crippen LogP contribution in [0.4, 0.5) is 19.6 Å². The normalized spacial score (nSPS) is 17.9. The molecule has 0 saturated heterocycles. The third-order valence-electron chi connectivity index (χ3n) is 6.25. The Bertz CT molecular complexity index is 1310. The van der Waals surface area contributed by atoms with Crippen LogP contribution < -0.4 is 16.4 Å². The van der Waals surface area contributed by atoms with Crippen LogP contribution in [0, 0.1) is 11.6 Å². The van der Waals surface area contributed by atoms with Gasteiger partial charge in [0.05, 0.1) is 22.8 Å². The van der Waals surface area contributed by atoms with Crippen LogP contribution in [0.2, 0.25) is 0 Å². The van der Waals surface area contributed by atoms with Gasteiger partial charge in [0.25, 0.3) is 11.8 Å². The number of nitrogens with one attached hydrogen (secondary N) is 2. The maximum Gasteiger partial charge on any atom is 0.270 e. The molecule has 0 bridgehead atoms. The number of halogens is 2. The molecular formula is C26H28F2N4O4S. The van der Waals surface area contributed by atoms with Crippen molar-refractivity contribution >= 4 is 34.0 Å². The third kappa shape index (κ3) is 6.12. The predicted molar refractivity (Wildman–Crippen MR) is 137 cm³/mol. The Kier molecular flexibility index (Phi) is 7.58. The van der Waals surface area contributed by atoms with Gasteiger partial charge in [-0.3, -0.25) is 9.59 Å². The van der Waals surface area contributed by atoms with E-state index >= 15 is 0 Å². The molecule has 196 valence electrons. The molecule has 1 aliphatic carbocycles. The molecule has 1 aromatic carbocycles. The Hall–Kier alpha value is -3.41. The number of aliphatic hydroxyl groups excluding tert-OH is 1. The molecule has 1 aliphatic rings. The molecule has 0 radical (unpaired) electrons. The summed E-state index contributed by atoms with van der Waals surface area (Å²) in [6, 6.07) is 8.07. The van der Waals surface area contributed by atoms with E-state index in [1.807, 2.05) is 0 Å². The van der Waals surface area contributed by atoms with E-state index in [1.54, 1.807) is 18.2 Å². The minimum absolute atomic E-state index is 0.00258. The fourth-order valence-corrected chi connectivity index (χ4v) is 5.30. The molecule has 0 aliphatic heterocycles. The molecule has 2 heterocycles. The van der Waals surface area contributed by atoms with Gasteiger partial charge in [-0.1, -0.05) is 6.07 Å². The van der Waals surface area contributed by atoms with Crippen LogP contribution in [0.1, 0.15) is 65.9 Å². The lowest BCUT2D eigenvalue weighted by molar-refractivity contribution is 0.0778. The molecule has 3 aromatic rings. The second kappa shape index (κ2) is 10.5. The summed E-state index contributed by atoms with van der Waals surface area (Å²) in [5, 5.41) is 25.8. The number of carbonyl (C=O) groups excluding carboxylic acids is 2. The van der Waals surface area contributed by atoms with Gasteiger partial charge in [0.15, 0.2) is 0 Å². The standard InChI is InChI=1S/C26H28F2N4O4S/c1-26(2,36)13-10-17(27)22(18(28)11-13)20-12-16(23(29)34)25(37-20)32-21-5-3-4-19(31-21)24(35)30-14-6-8-15(33)9-7-14/h3-5,10-12,14-15,33,36H,6-9H2,1-2H3,(H2,29,34)(H,30,35)(H,31,32)/t14-,15-. The van der Waals surface area contributed by atoms with Gasteiger partial charge < -0.3 is 26.6 Å². The zero-order chi connectivity index (χ0) is 26.9. The highest BCUT2D eigenvalue weighted by molar-refractivity contribution is 7.20. The smallest absolute Gasteiger partial charge is 0.270 e. The van der Waals surface area contributed by atoms with Gasteiger partial charge in [-0.25, -0.2) is 13.8 Å². The first-order valence-corrected chi connectivity index (χ1v) is 12.6. The highest BCUT2D eigenvalue weighted by Gasteiger charge is 2.25. The monoisotopic (exact) mass is 530 g/mol. The fraction of sp³-hybridized carbons (Fsp3) is 0.346. The second-order valence-electron chi connectivity index (χ2n) is 9.60. The number of hydrogen-bond donors (Lipinski definition) is 5. The van der Waals surface area contributed by atoms with Crippen molar-refractivity contribution in [1.29, 1.82) is 0 Å². The largest absolute Gasteiger partial charge is 0.393 e. The quantitative estimate of drug-likeness (QED) is 0.311. The first-order valence-electron chi connectivity index (χ1n) is 11.8. The molecule has 8 nitrogen and oxygen atoms in total. The number of benzene rings is 1.